The van der Waals surface area contributed by atoms with E-state index < -0.39 is 7.82 Å². The molecule has 2 aromatic heterocycles. The molecule has 3 heterocycles. The molecule has 0 aromatic carbocycles. The van der Waals surface area contributed by atoms with Crippen molar-refractivity contribution in [1.82, 2.24) is 19.5 Å². The molecule has 0 amide bonds. The third kappa shape index (κ3) is 3.67. The van der Waals surface area contributed by atoms with Gasteiger partial charge in [0.2, 0.25) is 0 Å². The molecule has 2 aromatic rings. The molecule has 4 N–H and O–H groups in total. The number of nitrogens with zero attached hydrogens (tertiary/aromatic N) is 4. The molecule has 12 heteroatoms. The summed E-state index contributed by atoms with van der Waals surface area (Å²) in [5.74, 6) is 0.290. The minimum Gasteiger partial charge on any atom is -0.382 e. The fourth-order valence-corrected chi connectivity index (χ4v) is 2.64. The Hall–Kier alpha value is -0.983. The number of ether oxygens (including phenoxy) is 1. The summed E-state index contributed by atoms with van der Waals surface area (Å²) in [5, 5.41) is 0. The molecule has 3 rings (SSSR count). The second-order valence-corrected chi connectivity index (χ2v) is 5.90. The van der Waals surface area contributed by atoms with Crippen LogP contribution in [-0.4, -0.2) is 42.0 Å². The summed E-state index contributed by atoms with van der Waals surface area (Å²) in [6, 6.07) is 0. The number of imidazole rings is 1. The van der Waals surface area contributed by atoms with Gasteiger partial charge in [0.1, 0.15) is 18.1 Å². The van der Waals surface area contributed by atoms with Crippen molar-refractivity contribution in [2.45, 2.75) is 25.2 Å². The van der Waals surface area contributed by atoms with Crippen LogP contribution in [0.1, 0.15) is 19.1 Å². The quantitative estimate of drug-likeness (QED) is 0.401. The van der Waals surface area contributed by atoms with Crippen LogP contribution in [0.25, 0.3) is 11.2 Å². The van der Waals surface area contributed by atoms with Crippen molar-refractivity contribution in [3.05, 3.63) is 12.7 Å². The number of aromatic nitrogens is 4. The number of phosphoric acid groups is 1. The number of fused-ring (bicyclic) bond motifs is 1. The summed E-state index contributed by atoms with van der Waals surface area (Å²) in [6.45, 7) is -0.162. The van der Waals surface area contributed by atoms with E-state index in [9.17, 15) is 4.57 Å². The minimum atomic E-state index is -4.48. The normalized spacial score (nSPS) is 21.9. The molecule has 0 bridgehead atoms. The molecule has 0 radical (unpaired) electrons. The standard InChI is InChI=1S/C10H14N5O5P.Li/c11-9-8-10(13-4-12-9)15(5-14-8)7-2-1-6(20-7)3-19-21(16,17)18;/h4-7H,1-3H2,(H2,11,12,13)(H2,16,17,18);/q;+1. The molecule has 0 spiro atoms. The summed E-state index contributed by atoms with van der Waals surface area (Å²) < 4.78 is 22.6. The van der Waals surface area contributed by atoms with E-state index in [2.05, 4.69) is 19.5 Å². The summed E-state index contributed by atoms with van der Waals surface area (Å²) in [6.07, 6.45) is 3.47. The van der Waals surface area contributed by atoms with E-state index >= 15 is 0 Å². The number of rotatable bonds is 4. The van der Waals surface area contributed by atoms with E-state index in [4.69, 9.17) is 20.3 Å². The summed E-state index contributed by atoms with van der Waals surface area (Å²) in [4.78, 5) is 29.5. The van der Waals surface area contributed by atoms with Gasteiger partial charge in [-0.05, 0) is 12.8 Å². The number of nitrogens with two attached hydrogens (primary N) is 1. The van der Waals surface area contributed by atoms with Gasteiger partial charge in [-0.15, -0.1) is 0 Å². The topological polar surface area (TPSA) is 146 Å². The zero-order valence-electron chi connectivity index (χ0n) is 11.9. The summed E-state index contributed by atoms with van der Waals surface area (Å²) in [7, 11) is -4.48. The van der Waals surface area contributed by atoms with Crippen molar-refractivity contribution in [1.29, 1.82) is 0 Å². The molecule has 1 aliphatic heterocycles. The molecule has 22 heavy (non-hydrogen) atoms. The van der Waals surface area contributed by atoms with Crippen LogP contribution in [0.2, 0.25) is 0 Å². The largest absolute Gasteiger partial charge is 1.00 e. The first-order valence-electron chi connectivity index (χ1n) is 6.22. The zero-order chi connectivity index (χ0) is 15.0. The second kappa shape index (κ2) is 6.64. The van der Waals surface area contributed by atoms with Crippen LogP contribution in [0.3, 0.4) is 0 Å². The van der Waals surface area contributed by atoms with Gasteiger partial charge in [-0.25, -0.2) is 19.5 Å². The molecular weight excluding hydrogens is 308 g/mol. The van der Waals surface area contributed by atoms with Gasteiger partial charge >= 0.3 is 26.7 Å². The summed E-state index contributed by atoms with van der Waals surface area (Å²) >= 11 is 0. The molecule has 2 atom stereocenters. The molecular formula is C10H14LiN5O5P+. The third-order valence-corrected chi connectivity index (χ3v) is 3.70. The SMILES string of the molecule is Nc1ncnc2c1ncn2C1CCC(COP(=O)(O)O)O1.[Li+]. The smallest absolute Gasteiger partial charge is 0.382 e. The maximum Gasteiger partial charge on any atom is 1.00 e. The van der Waals surface area contributed by atoms with Gasteiger partial charge in [-0.1, -0.05) is 0 Å². The van der Waals surface area contributed by atoms with Gasteiger partial charge < -0.3 is 20.3 Å². The van der Waals surface area contributed by atoms with Gasteiger partial charge in [0.15, 0.2) is 11.5 Å². The van der Waals surface area contributed by atoms with Crippen LogP contribution >= 0.6 is 7.82 Å². The Morgan fingerprint density at radius 3 is 2.91 bits per heavy atom. The third-order valence-electron chi connectivity index (χ3n) is 3.21. The fourth-order valence-electron chi connectivity index (χ4n) is 2.27. The van der Waals surface area contributed by atoms with Crippen LogP contribution in [0, 0.1) is 0 Å². The maximum absolute atomic E-state index is 10.7. The molecule has 0 aliphatic carbocycles. The predicted octanol–water partition coefficient (Wildman–Crippen LogP) is -2.80. The Morgan fingerprint density at radius 2 is 2.18 bits per heavy atom. The monoisotopic (exact) mass is 322 g/mol. The van der Waals surface area contributed by atoms with E-state index in [0.29, 0.717) is 24.0 Å². The van der Waals surface area contributed by atoms with Crippen molar-refractivity contribution >= 4 is 24.8 Å². The minimum absolute atomic E-state index is 0. The molecule has 1 saturated heterocycles. The van der Waals surface area contributed by atoms with E-state index in [1.807, 2.05) is 0 Å². The summed E-state index contributed by atoms with van der Waals surface area (Å²) in [5.41, 5.74) is 6.77. The van der Waals surface area contributed by atoms with E-state index in [0.717, 1.165) is 0 Å². The van der Waals surface area contributed by atoms with Crippen molar-refractivity contribution in [3.8, 4) is 0 Å². The van der Waals surface area contributed by atoms with Crippen molar-refractivity contribution in [2.75, 3.05) is 12.3 Å². The van der Waals surface area contributed by atoms with Crippen LogP contribution in [0.4, 0.5) is 5.82 Å². The van der Waals surface area contributed by atoms with E-state index in [1.54, 1.807) is 10.9 Å². The number of anilines is 1. The first kappa shape index (κ1) is 17.4. The molecule has 10 nitrogen and oxygen atoms in total. The van der Waals surface area contributed by atoms with Gasteiger partial charge in [0, 0.05) is 0 Å². The molecule has 2 unspecified atom stereocenters. The number of hydrogen-bond acceptors (Lipinski definition) is 7. The second-order valence-electron chi connectivity index (χ2n) is 4.66. The van der Waals surface area contributed by atoms with Gasteiger partial charge in [0.25, 0.3) is 0 Å². The Bertz CT molecular complexity index is 706. The Kier molecular flexibility index (Phi) is 5.24. The van der Waals surface area contributed by atoms with Crippen LogP contribution < -0.4 is 24.6 Å². The molecule has 114 valence electrons. The van der Waals surface area contributed by atoms with Crippen LogP contribution in [-0.2, 0) is 13.8 Å². The van der Waals surface area contributed by atoms with Crippen molar-refractivity contribution < 1.29 is 42.5 Å². The average molecular weight is 322 g/mol. The average Bonchev–Trinajstić information content (AvgIpc) is 3.02. The van der Waals surface area contributed by atoms with Gasteiger partial charge in [-0.3, -0.25) is 9.09 Å². The Labute approximate surface area is 137 Å². The predicted molar refractivity (Wildman–Crippen MR) is 70.9 cm³/mol. The zero-order valence-corrected chi connectivity index (χ0v) is 12.8. The van der Waals surface area contributed by atoms with Crippen molar-refractivity contribution in [3.63, 3.8) is 0 Å². The van der Waals surface area contributed by atoms with Crippen molar-refractivity contribution in [2.24, 2.45) is 0 Å². The number of hydrogen-bond donors (Lipinski definition) is 3. The number of nitrogen functional groups attached to an aromatic ring is 1. The van der Waals surface area contributed by atoms with E-state index in [-0.39, 0.29) is 43.6 Å². The maximum atomic E-state index is 10.7. The fraction of sp³-hybridized carbons (Fsp3) is 0.500. The van der Waals surface area contributed by atoms with Gasteiger partial charge in [0.05, 0.1) is 19.0 Å². The molecule has 1 aliphatic rings. The van der Waals surface area contributed by atoms with E-state index in [1.165, 1.54) is 6.33 Å². The van der Waals surface area contributed by atoms with Crippen LogP contribution in [0.15, 0.2) is 12.7 Å². The molecule has 1 fully saturated rings. The first-order valence-corrected chi connectivity index (χ1v) is 7.75. The molecule has 0 saturated carbocycles. The number of phosphoric ester groups is 1. The van der Waals surface area contributed by atoms with Crippen LogP contribution in [0.5, 0.6) is 0 Å². The Morgan fingerprint density at radius 1 is 1.41 bits per heavy atom. The van der Waals surface area contributed by atoms with Gasteiger partial charge in [-0.2, -0.15) is 0 Å². The Balaban J connectivity index is 0.00000176. The first-order chi connectivity index (χ1) is 9.94.